The normalized spacial score (nSPS) is 17.6. The number of halogens is 1. The largest absolute Gasteiger partial charge is 0.407 e. The molecule has 0 N–H and O–H groups in total. The highest BCUT2D eigenvalue weighted by molar-refractivity contribution is 6.16. The van der Waals surface area contributed by atoms with Crippen LogP contribution in [-0.2, 0) is 5.88 Å². The van der Waals surface area contributed by atoms with Crippen molar-refractivity contribution in [2.24, 2.45) is 0 Å². The highest BCUT2D eigenvalue weighted by Crippen LogP contribution is 2.26. The molecule has 1 aliphatic rings. The molecule has 1 heterocycles. The molecule has 0 aromatic carbocycles. The first kappa shape index (κ1) is 11.7. The molecule has 0 amide bonds. The van der Waals surface area contributed by atoms with Crippen molar-refractivity contribution < 1.29 is 4.42 Å². The summed E-state index contributed by atoms with van der Waals surface area (Å²) in [6.07, 6.45) is 6.42. The Labute approximate surface area is 101 Å². The van der Waals surface area contributed by atoms with Gasteiger partial charge in [0.1, 0.15) is 5.88 Å². The summed E-state index contributed by atoms with van der Waals surface area (Å²) in [5.74, 6) is 0.792. The number of anilines is 1. The van der Waals surface area contributed by atoms with Crippen molar-refractivity contribution in [3.05, 3.63) is 5.89 Å². The van der Waals surface area contributed by atoms with Gasteiger partial charge in [-0.25, -0.2) is 0 Å². The fourth-order valence-corrected chi connectivity index (χ4v) is 2.47. The van der Waals surface area contributed by atoms with Crippen LogP contribution in [0.2, 0.25) is 0 Å². The van der Waals surface area contributed by atoms with Gasteiger partial charge in [-0.15, -0.1) is 16.7 Å². The molecule has 90 valence electrons. The number of nitrogens with zero attached hydrogens (tertiary/aromatic N) is 3. The molecule has 16 heavy (non-hydrogen) atoms. The lowest BCUT2D eigenvalue weighted by Gasteiger charge is -2.31. The van der Waals surface area contributed by atoms with Gasteiger partial charge in [0.2, 0.25) is 5.89 Å². The van der Waals surface area contributed by atoms with Crippen molar-refractivity contribution in [2.75, 3.05) is 11.4 Å². The van der Waals surface area contributed by atoms with E-state index in [4.69, 9.17) is 16.0 Å². The summed E-state index contributed by atoms with van der Waals surface area (Å²) in [6, 6.07) is 1.19. The maximum absolute atomic E-state index is 5.66. The van der Waals surface area contributed by atoms with E-state index < -0.39 is 0 Å². The number of aromatic nitrogens is 2. The maximum atomic E-state index is 5.66. The van der Waals surface area contributed by atoms with Crippen molar-refractivity contribution in [1.29, 1.82) is 0 Å². The third kappa shape index (κ3) is 2.48. The van der Waals surface area contributed by atoms with Crippen LogP contribution in [0.1, 0.15) is 44.9 Å². The minimum absolute atomic E-state index is 0.287. The molecular formula is C11H18ClN3O. The van der Waals surface area contributed by atoms with Crippen molar-refractivity contribution >= 4 is 17.6 Å². The van der Waals surface area contributed by atoms with Crippen molar-refractivity contribution in [1.82, 2.24) is 10.2 Å². The van der Waals surface area contributed by atoms with E-state index in [1.165, 1.54) is 32.1 Å². The lowest BCUT2D eigenvalue weighted by atomic mass is 9.94. The molecule has 5 heteroatoms. The van der Waals surface area contributed by atoms with Crippen LogP contribution in [-0.4, -0.2) is 22.8 Å². The zero-order valence-corrected chi connectivity index (χ0v) is 10.4. The van der Waals surface area contributed by atoms with Gasteiger partial charge in [0, 0.05) is 12.6 Å². The Morgan fingerprint density at radius 1 is 1.31 bits per heavy atom. The van der Waals surface area contributed by atoms with Crippen LogP contribution in [0.4, 0.5) is 6.01 Å². The minimum Gasteiger partial charge on any atom is -0.407 e. The average Bonchev–Trinajstić information content (AvgIpc) is 2.80. The summed E-state index contributed by atoms with van der Waals surface area (Å²) >= 11 is 5.66. The Hall–Kier alpha value is -0.770. The summed E-state index contributed by atoms with van der Waals surface area (Å²) in [4.78, 5) is 2.21. The summed E-state index contributed by atoms with van der Waals surface area (Å²) in [5.41, 5.74) is 0. The van der Waals surface area contributed by atoms with Crippen LogP contribution in [0.3, 0.4) is 0 Å². The predicted molar refractivity (Wildman–Crippen MR) is 63.7 cm³/mol. The second-order valence-electron chi connectivity index (χ2n) is 4.19. The molecule has 1 aromatic rings. The molecule has 0 saturated heterocycles. The van der Waals surface area contributed by atoms with E-state index in [9.17, 15) is 0 Å². The van der Waals surface area contributed by atoms with Gasteiger partial charge in [-0.05, 0) is 19.8 Å². The molecule has 1 aromatic heterocycles. The summed E-state index contributed by atoms with van der Waals surface area (Å²) in [7, 11) is 0. The van der Waals surface area contributed by atoms with Crippen molar-refractivity contribution in [3.8, 4) is 0 Å². The van der Waals surface area contributed by atoms with Gasteiger partial charge >= 0.3 is 6.01 Å². The SMILES string of the molecule is CCN(c1nnc(CCl)o1)C1CCCCC1. The van der Waals surface area contributed by atoms with E-state index in [-0.39, 0.29) is 5.88 Å². The average molecular weight is 244 g/mol. The Bertz CT molecular complexity index is 323. The number of alkyl halides is 1. The summed E-state index contributed by atoms with van der Waals surface area (Å²) in [6.45, 7) is 3.04. The van der Waals surface area contributed by atoms with Crippen LogP contribution in [0.25, 0.3) is 0 Å². The molecule has 1 aliphatic carbocycles. The Morgan fingerprint density at radius 3 is 2.62 bits per heavy atom. The topological polar surface area (TPSA) is 42.2 Å². The monoisotopic (exact) mass is 243 g/mol. The van der Waals surface area contributed by atoms with Crippen LogP contribution in [0.5, 0.6) is 0 Å². The lowest BCUT2D eigenvalue weighted by Crippen LogP contribution is -2.36. The number of rotatable bonds is 4. The summed E-state index contributed by atoms with van der Waals surface area (Å²) in [5, 5.41) is 7.97. The molecule has 2 rings (SSSR count). The van der Waals surface area contributed by atoms with Gasteiger partial charge in [-0.3, -0.25) is 0 Å². The molecule has 0 spiro atoms. The maximum Gasteiger partial charge on any atom is 0.318 e. The fourth-order valence-electron chi connectivity index (χ4n) is 2.36. The first-order valence-electron chi connectivity index (χ1n) is 6.00. The molecule has 0 radical (unpaired) electrons. The Morgan fingerprint density at radius 2 is 2.06 bits per heavy atom. The highest BCUT2D eigenvalue weighted by atomic mass is 35.5. The van der Waals surface area contributed by atoms with Gasteiger partial charge in [0.15, 0.2) is 0 Å². The molecular weight excluding hydrogens is 226 g/mol. The molecule has 1 saturated carbocycles. The van der Waals surface area contributed by atoms with E-state index in [2.05, 4.69) is 22.0 Å². The third-order valence-corrected chi connectivity index (χ3v) is 3.40. The van der Waals surface area contributed by atoms with Crippen molar-refractivity contribution in [3.63, 3.8) is 0 Å². The zero-order valence-electron chi connectivity index (χ0n) is 9.65. The molecule has 1 fully saturated rings. The first-order chi connectivity index (χ1) is 7.85. The van der Waals surface area contributed by atoms with E-state index >= 15 is 0 Å². The van der Waals surface area contributed by atoms with Gasteiger partial charge < -0.3 is 9.32 Å². The smallest absolute Gasteiger partial charge is 0.318 e. The predicted octanol–water partition coefficient (Wildman–Crippen LogP) is 2.97. The van der Waals surface area contributed by atoms with Crippen LogP contribution >= 0.6 is 11.6 Å². The molecule has 0 aliphatic heterocycles. The van der Waals surface area contributed by atoms with E-state index in [1.807, 2.05) is 0 Å². The molecule has 4 nitrogen and oxygen atoms in total. The highest BCUT2D eigenvalue weighted by Gasteiger charge is 2.23. The van der Waals surface area contributed by atoms with Gasteiger partial charge in [0.05, 0.1) is 0 Å². The van der Waals surface area contributed by atoms with Gasteiger partial charge in [-0.1, -0.05) is 24.4 Å². The minimum atomic E-state index is 0.287. The van der Waals surface area contributed by atoms with Crippen LogP contribution in [0.15, 0.2) is 4.42 Å². The standard InChI is InChI=1S/C11H18ClN3O/c1-2-15(9-6-4-3-5-7-9)11-14-13-10(8-12)16-11/h9H,2-8H2,1H3. The second kappa shape index (κ2) is 5.53. The zero-order chi connectivity index (χ0) is 11.4. The van der Waals surface area contributed by atoms with Gasteiger partial charge in [-0.2, -0.15) is 0 Å². The fraction of sp³-hybridized carbons (Fsp3) is 0.818. The third-order valence-electron chi connectivity index (χ3n) is 3.17. The Balaban J connectivity index is 2.08. The lowest BCUT2D eigenvalue weighted by molar-refractivity contribution is 0.391. The first-order valence-corrected chi connectivity index (χ1v) is 6.53. The molecule has 0 atom stereocenters. The van der Waals surface area contributed by atoms with Crippen LogP contribution < -0.4 is 4.90 Å². The molecule has 0 unspecified atom stereocenters. The van der Waals surface area contributed by atoms with E-state index in [0.29, 0.717) is 17.9 Å². The number of hydrogen-bond donors (Lipinski definition) is 0. The van der Waals surface area contributed by atoms with Crippen molar-refractivity contribution in [2.45, 2.75) is 50.9 Å². The van der Waals surface area contributed by atoms with Gasteiger partial charge in [0.25, 0.3) is 0 Å². The van der Waals surface area contributed by atoms with E-state index in [1.54, 1.807) is 0 Å². The van der Waals surface area contributed by atoms with E-state index in [0.717, 1.165) is 6.54 Å². The molecule has 0 bridgehead atoms. The summed E-state index contributed by atoms with van der Waals surface area (Å²) < 4.78 is 5.51. The quantitative estimate of drug-likeness (QED) is 0.763. The number of hydrogen-bond acceptors (Lipinski definition) is 4. The van der Waals surface area contributed by atoms with Crippen LogP contribution in [0, 0.1) is 0 Å². The Kier molecular flexibility index (Phi) is 4.04. The second-order valence-corrected chi connectivity index (χ2v) is 4.46.